The van der Waals surface area contributed by atoms with Crippen LogP contribution in [-0.4, -0.2) is 122 Å². The molecular weight excluding hydrogens is 1030 g/mol. The molecule has 5 aromatic carbocycles. The standard InChI is InChI=1S/C34H27F4N9O.C25H29BN4O2/c35-26-5-8-28(29(36)17-26)33(48,20-47-21-41-43-44-47)34(37,38)31-10-4-24(19-40-31)23-2-6-27(7-3-23)45-11-13-46(14-12-45)32-16-25-15-22(18-39)1-9-30(25)42-32;1-24(2)25(3,4)32-26(31-24)20-6-8-21(9-7-20)29-11-13-30(14-12-29)23-16-19-15-18(17-27)5-10-22(19)28-23/h1-10,15,17,19,21,48H,11-14,16,20H2;5-10,15H,11-14,16H2,1-4H3/t33-;/m0./s1. The maximum absolute atomic E-state index is 16.1. The zero-order valence-electron chi connectivity index (χ0n) is 44.6. The number of benzene rings is 5. The van der Waals surface area contributed by atoms with E-state index < -0.39 is 41.0 Å². The molecule has 0 bridgehead atoms. The van der Waals surface area contributed by atoms with Gasteiger partial charge in [0.05, 0.1) is 52.4 Å². The molecule has 80 heavy (non-hydrogen) atoms. The fraction of sp³-hybridized carbons (Fsp3) is 0.322. The van der Waals surface area contributed by atoms with E-state index in [0.29, 0.717) is 29.2 Å². The lowest BCUT2D eigenvalue weighted by Gasteiger charge is -2.37. The van der Waals surface area contributed by atoms with Crippen molar-refractivity contribution in [2.24, 2.45) is 9.98 Å². The molecule has 1 atom stereocenters. The van der Waals surface area contributed by atoms with E-state index in [1.54, 1.807) is 6.07 Å². The Balaban J connectivity index is 0.000000183. The Morgan fingerprint density at radius 1 is 0.637 bits per heavy atom. The maximum Gasteiger partial charge on any atom is 0.494 e. The maximum atomic E-state index is 16.1. The summed E-state index contributed by atoms with van der Waals surface area (Å²) in [5, 5.41) is 40.0. The summed E-state index contributed by atoms with van der Waals surface area (Å²) in [6.07, 6.45) is 3.78. The molecule has 0 spiro atoms. The number of aliphatic hydroxyl groups is 1. The second kappa shape index (κ2) is 21.3. The quantitative estimate of drug-likeness (QED) is 0.108. The van der Waals surface area contributed by atoms with Crippen LogP contribution >= 0.6 is 0 Å². The SMILES string of the molecule is CC1(C)OB(c2ccc(N3CCN(C4=Nc5ccc(C#N)cc5C4)CC3)cc2)OC1(C)C.N#Cc1ccc2c(c1)CC(N1CCN(c3ccc(-c4ccc(C(F)(F)[C@](O)(Cn5cnnn5)c5ccc(F)cc5F)nc4)cc3)CC1)=N2. The van der Waals surface area contributed by atoms with Crippen LogP contribution in [0.15, 0.2) is 138 Å². The van der Waals surface area contributed by atoms with Crippen molar-refractivity contribution in [3.05, 3.63) is 173 Å². The van der Waals surface area contributed by atoms with Crippen LogP contribution in [0.5, 0.6) is 0 Å². The number of anilines is 2. The minimum atomic E-state index is -4.14. The summed E-state index contributed by atoms with van der Waals surface area (Å²) in [5.41, 5.74) is 4.53. The molecule has 3 fully saturated rings. The number of fused-ring (bicyclic) bond motifs is 2. The molecular formula is C59H56BF4N13O3. The van der Waals surface area contributed by atoms with Crippen LogP contribution in [0.25, 0.3) is 11.1 Å². The first-order valence-electron chi connectivity index (χ1n) is 26.4. The lowest BCUT2D eigenvalue weighted by atomic mass is 9.79. The molecule has 16 nitrogen and oxygen atoms in total. The minimum Gasteiger partial charge on any atom is -0.399 e. The lowest BCUT2D eigenvalue weighted by molar-refractivity contribution is -0.207. The van der Waals surface area contributed by atoms with Gasteiger partial charge in [0.25, 0.3) is 0 Å². The number of amidine groups is 2. The number of nitriles is 2. The van der Waals surface area contributed by atoms with E-state index in [0.717, 1.165) is 139 Å². The summed E-state index contributed by atoms with van der Waals surface area (Å²) in [6, 6.07) is 36.5. The highest BCUT2D eigenvalue weighted by Gasteiger charge is 2.58. The van der Waals surface area contributed by atoms with Crippen LogP contribution in [0.1, 0.15) is 61.2 Å². The van der Waals surface area contributed by atoms with E-state index in [1.165, 1.54) is 18.0 Å². The average Bonchev–Trinajstić information content (AvgIpc) is 4.29. The van der Waals surface area contributed by atoms with Gasteiger partial charge in [0.1, 0.15) is 35.3 Å². The first-order valence-corrected chi connectivity index (χ1v) is 26.4. The van der Waals surface area contributed by atoms with Gasteiger partial charge in [-0.3, -0.25) is 4.98 Å². The average molecular weight is 1080 g/mol. The van der Waals surface area contributed by atoms with Gasteiger partial charge in [0.2, 0.25) is 0 Å². The highest BCUT2D eigenvalue weighted by atomic mass is 19.3. The molecule has 7 heterocycles. The van der Waals surface area contributed by atoms with Crippen molar-refractivity contribution < 1.29 is 32.0 Å². The fourth-order valence-corrected chi connectivity index (χ4v) is 10.6. The van der Waals surface area contributed by atoms with E-state index in [1.807, 2.05) is 54.6 Å². The van der Waals surface area contributed by atoms with Crippen molar-refractivity contribution in [2.75, 3.05) is 62.2 Å². The predicted octanol–water partition coefficient (Wildman–Crippen LogP) is 8.24. The van der Waals surface area contributed by atoms with Crippen LogP contribution in [-0.2, 0) is 40.2 Å². The van der Waals surface area contributed by atoms with Gasteiger partial charge in [0.15, 0.2) is 5.60 Å². The molecule has 0 amide bonds. The van der Waals surface area contributed by atoms with Gasteiger partial charge in [-0.15, -0.1) is 5.10 Å². The molecule has 21 heteroatoms. The number of piperazine rings is 2. The Labute approximate surface area is 461 Å². The molecule has 0 radical (unpaired) electrons. The van der Waals surface area contributed by atoms with Crippen LogP contribution in [0, 0.1) is 34.3 Å². The molecule has 7 aromatic rings. The van der Waals surface area contributed by atoms with Gasteiger partial charge in [-0.25, -0.2) is 23.4 Å². The summed E-state index contributed by atoms with van der Waals surface area (Å²) in [5.74, 6) is -4.35. The van der Waals surface area contributed by atoms with Crippen LogP contribution in [0.2, 0.25) is 0 Å². The van der Waals surface area contributed by atoms with Gasteiger partial charge < -0.3 is 34.0 Å². The van der Waals surface area contributed by atoms with E-state index in [-0.39, 0.29) is 18.3 Å². The van der Waals surface area contributed by atoms with Crippen LogP contribution < -0.4 is 15.3 Å². The first kappa shape index (κ1) is 53.5. The van der Waals surface area contributed by atoms with Crippen LogP contribution in [0.3, 0.4) is 0 Å². The Kier molecular flexibility index (Phi) is 14.2. The minimum absolute atomic E-state index is 0.325. The number of pyridine rings is 1. The summed E-state index contributed by atoms with van der Waals surface area (Å²) < 4.78 is 73.8. The largest absolute Gasteiger partial charge is 0.494 e. The Morgan fingerprint density at radius 3 is 1.62 bits per heavy atom. The van der Waals surface area contributed by atoms with Gasteiger partial charge in [-0.05, 0) is 139 Å². The fourth-order valence-electron chi connectivity index (χ4n) is 10.6. The van der Waals surface area contributed by atoms with E-state index in [4.69, 9.17) is 24.6 Å². The van der Waals surface area contributed by atoms with Crippen molar-refractivity contribution in [1.29, 1.82) is 10.5 Å². The summed E-state index contributed by atoms with van der Waals surface area (Å²) >= 11 is 0. The van der Waals surface area contributed by atoms with Gasteiger partial charge >= 0.3 is 13.0 Å². The second-order valence-corrected chi connectivity index (χ2v) is 21.5. The number of nitrogens with zero attached hydrogens (tertiary/aromatic N) is 13. The zero-order valence-corrected chi connectivity index (χ0v) is 44.6. The van der Waals surface area contributed by atoms with E-state index >= 15 is 8.78 Å². The van der Waals surface area contributed by atoms with Crippen molar-refractivity contribution in [2.45, 2.75) is 69.8 Å². The Bertz CT molecular complexity index is 3560. The first-order chi connectivity index (χ1) is 38.4. The zero-order chi connectivity index (χ0) is 56.0. The second-order valence-electron chi connectivity index (χ2n) is 21.5. The molecule has 0 saturated carbocycles. The summed E-state index contributed by atoms with van der Waals surface area (Å²) in [7, 11) is -0.325. The van der Waals surface area contributed by atoms with Gasteiger partial charge in [-0.1, -0.05) is 30.3 Å². The number of alkyl halides is 2. The number of hydrogen-bond acceptors (Lipinski definition) is 15. The van der Waals surface area contributed by atoms with Crippen molar-refractivity contribution >= 4 is 47.0 Å². The molecule has 12 rings (SSSR count). The third-order valence-corrected chi connectivity index (χ3v) is 16.0. The third kappa shape index (κ3) is 10.5. The number of halogens is 4. The highest BCUT2D eigenvalue weighted by Crippen LogP contribution is 2.47. The molecule has 5 aliphatic rings. The predicted molar refractivity (Wildman–Crippen MR) is 295 cm³/mol. The molecule has 0 unspecified atom stereocenters. The summed E-state index contributed by atoms with van der Waals surface area (Å²) in [4.78, 5) is 22.9. The normalized spacial score (nSPS) is 18.1. The monoisotopic (exact) mass is 1080 g/mol. The molecule has 5 aliphatic heterocycles. The number of hydrogen-bond donors (Lipinski definition) is 1. The molecule has 0 aliphatic carbocycles. The molecule has 1 N–H and O–H groups in total. The van der Waals surface area contributed by atoms with E-state index in [9.17, 15) is 19.1 Å². The Morgan fingerprint density at radius 2 is 1.15 bits per heavy atom. The Hall–Kier alpha value is -8.50. The summed E-state index contributed by atoms with van der Waals surface area (Å²) in [6.45, 7) is 14.3. The van der Waals surface area contributed by atoms with Gasteiger partial charge in [-0.2, -0.15) is 19.3 Å². The van der Waals surface area contributed by atoms with Crippen molar-refractivity contribution in [1.82, 2.24) is 35.0 Å². The van der Waals surface area contributed by atoms with Gasteiger partial charge in [0, 0.05) is 100.0 Å². The van der Waals surface area contributed by atoms with Crippen molar-refractivity contribution in [3.63, 3.8) is 0 Å². The topological polar surface area (TPSA) is 180 Å². The van der Waals surface area contributed by atoms with Crippen LogP contribution in [0.4, 0.5) is 40.3 Å². The smallest absolute Gasteiger partial charge is 0.399 e. The molecule has 2 aromatic heterocycles. The number of rotatable bonds is 9. The third-order valence-electron chi connectivity index (χ3n) is 16.0. The lowest BCUT2D eigenvalue weighted by Crippen LogP contribution is -2.49. The van der Waals surface area contributed by atoms with E-state index in [2.05, 4.69) is 104 Å². The number of aromatic nitrogens is 5. The molecule has 3 saturated heterocycles. The highest BCUT2D eigenvalue weighted by molar-refractivity contribution is 6.62. The van der Waals surface area contributed by atoms with Crippen molar-refractivity contribution in [3.8, 4) is 23.3 Å². The number of tetrazole rings is 1. The molecule has 406 valence electrons. The number of aliphatic imine (C=N–C) groups is 2.